The first-order chi connectivity index (χ1) is 19.7. The number of aryl methyl sites for hydroxylation is 4. The zero-order valence-corrected chi connectivity index (χ0v) is 23.7. The topological polar surface area (TPSA) is 86.9 Å². The summed E-state index contributed by atoms with van der Waals surface area (Å²) in [5, 5.41) is 4.22. The number of aromatic nitrogens is 8. The highest BCUT2D eigenvalue weighted by molar-refractivity contribution is 5.94. The van der Waals surface area contributed by atoms with Crippen LogP contribution in [-0.4, -0.2) is 76.1 Å². The van der Waals surface area contributed by atoms with Crippen LogP contribution >= 0.6 is 0 Å². The number of hydrogen-bond donors (Lipinski definition) is 0. The second-order valence-electron chi connectivity index (χ2n) is 10.9. The van der Waals surface area contributed by atoms with Crippen molar-refractivity contribution in [2.75, 3.05) is 38.1 Å². The van der Waals surface area contributed by atoms with Crippen LogP contribution in [0.4, 0.5) is 10.1 Å². The molecule has 1 saturated heterocycles. The average molecular weight is 555 g/mol. The lowest BCUT2D eigenvalue weighted by Gasteiger charge is -2.34. The summed E-state index contributed by atoms with van der Waals surface area (Å²) in [5.41, 5.74) is 6.51. The summed E-state index contributed by atoms with van der Waals surface area (Å²) >= 11 is 0. The summed E-state index contributed by atoms with van der Waals surface area (Å²) in [5.74, 6) is 0.267. The van der Waals surface area contributed by atoms with Gasteiger partial charge in [-0.2, -0.15) is 5.10 Å². The minimum Gasteiger partial charge on any atom is -0.367 e. The van der Waals surface area contributed by atoms with Gasteiger partial charge in [0.25, 0.3) is 0 Å². The van der Waals surface area contributed by atoms with Gasteiger partial charge >= 0.3 is 5.69 Å². The predicted octanol–water partition coefficient (Wildman–Crippen LogP) is 2.91. The molecule has 0 saturated carbocycles. The van der Waals surface area contributed by atoms with Crippen LogP contribution in [0, 0.1) is 5.82 Å². The minimum absolute atomic E-state index is 0.0953. The van der Waals surface area contributed by atoms with E-state index in [1.165, 1.54) is 6.07 Å². The highest BCUT2D eigenvalue weighted by Crippen LogP contribution is 2.36. The Labute approximate surface area is 235 Å². The number of benzene rings is 2. The van der Waals surface area contributed by atoms with Crippen molar-refractivity contribution in [2.24, 2.45) is 28.2 Å². The van der Waals surface area contributed by atoms with Gasteiger partial charge in [-0.3, -0.25) is 18.4 Å². The first kappa shape index (κ1) is 25.3. The van der Waals surface area contributed by atoms with Gasteiger partial charge in [-0.25, -0.2) is 19.2 Å². The molecule has 0 radical (unpaired) electrons. The third-order valence-electron chi connectivity index (χ3n) is 8.23. The van der Waals surface area contributed by atoms with Crippen molar-refractivity contribution in [3.8, 4) is 28.3 Å². The minimum atomic E-state index is -0.365. The summed E-state index contributed by atoms with van der Waals surface area (Å²) in [6.07, 6.45) is 6.92. The molecule has 1 aliphatic rings. The van der Waals surface area contributed by atoms with Crippen LogP contribution in [0.15, 0.2) is 54.0 Å². The molecule has 41 heavy (non-hydrogen) atoms. The first-order valence-electron chi connectivity index (χ1n) is 13.5. The fraction of sp³-hybridized carbons (Fsp3) is 0.310. The van der Waals surface area contributed by atoms with Crippen molar-refractivity contribution in [3.63, 3.8) is 0 Å². The van der Waals surface area contributed by atoms with Gasteiger partial charge in [0.15, 0.2) is 5.82 Å². The number of imidazole rings is 3. The third-order valence-corrected chi connectivity index (χ3v) is 8.23. The molecule has 7 rings (SSSR count). The zero-order chi connectivity index (χ0) is 28.6. The average Bonchev–Trinajstić information content (AvgIpc) is 3.72. The maximum absolute atomic E-state index is 15.8. The normalized spacial score (nSPS) is 14.6. The molecular weight excluding hydrogens is 523 g/mol. The van der Waals surface area contributed by atoms with Crippen LogP contribution in [0.5, 0.6) is 0 Å². The second-order valence-corrected chi connectivity index (χ2v) is 10.9. The van der Waals surface area contributed by atoms with Crippen LogP contribution < -0.4 is 10.6 Å². The fourth-order valence-electron chi connectivity index (χ4n) is 5.92. The van der Waals surface area contributed by atoms with Gasteiger partial charge in [0, 0.05) is 77.8 Å². The number of hydrogen-bond acceptors (Lipinski definition) is 6. The smallest absolute Gasteiger partial charge is 0.328 e. The van der Waals surface area contributed by atoms with E-state index in [9.17, 15) is 4.79 Å². The van der Waals surface area contributed by atoms with E-state index in [-0.39, 0.29) is 11.5 Å². The monoisotopic (exact) mass is 554 g/mol. The number of anilines is 1. The van der Waals surface area contributed by atoms with Gasteiger partial charge in [-0.15, -0.1) is 0 Å². The Morgan fingerprint density at radius 3 is 2.34 bits per heavy atom. The lowest BCUT2D eigenvalue weighted by molar-refractivity contribution is 0.313. The molecule has 5 heterocycles. The summed E-state index contributed by atoms with van der Waals surface area (Å²) in [7, 11) is 9.43. The number of likely N-dealkylation sites (N-methyl/N-ethyl adjacent to an activating group) is 1. The molecular formula is C29H31FN10O. The molecule has 0 atom stereocenters. The molecule has 0 N–H and O–H groups in total. The lowest BCUT2D eigenvalue weighted by atomic mass is 10.1. The molecule has 210 valence electrons. The van der Waals surface area contributed by atoms with Gasteiger partial charge < -0.3 is 14.4 Å². The van der Waals surface area contributed by atoms with Gasteiger partial charge in [0.2, 0.25) is 0 Å². The SMILES string of the molecule is CN1CCN(c2cc(-n3c(-c4cncn4C)nc4cc(-c5cnn(C)c5)c(F)cc43)cc3c2n(C)c(=O)n3C)CC1. The van der Waals surface area contributed by atoms with Crippen LogP contribution in [0.2, 0.25) is 0 Å². The molecule has 12 heteroatoms. The van der Waals surface area contributed by atoms with E-state index in [4.69, 9.17) is 4.98 Å². The Hall–Kier alpha value is -4.71. The second kappa shape index (κ2) is 9.16. The zero-order valence-electron chi connectivity index (χ0n) is 23.7. The Morgan fingerprint density at radius 1 is 0.878 bits per heavy atom. The van der Waals surface area contributed by atoms with E-state index in [0.29, 0.717) is 28.0 Å². The van der Waals surface area contributed by atoms with Crippen molar-refractivity contribution in [3.05, 3.63) is 65.5 Å². The van der Waals surface area contributed by atoms with E-state index in [2.05, 4.69) is 33.0 Å². The summed E-state index contributed by atoms with van der Waals surface area (Å²) in [6.45, 7) is 3.51. The van der Waals surface area contributed by atoms with Crippen molar-refractivity contribution in [1.82, 2.24) is 42.9 Å². The van der Waals surface area contributed by atoms with Gasteiger partial charge in [0.1, 0.15) is 11.5 Å². The van der Waals surface area contributed by atoms with Crippen LogP contribution in [0.25, 0.3) is 50.4 Å². The summed E-state index contributed by atoms with van der Waals surface area (Å²) < 4.78 is 24.7. The molecule has 0 unspecified atom stereocenters. The van der Waals surface area contributed by atoms with Gasteiger partial charge in [-0.1, -0.05) is 0 Å². The van der Waals surface area contributed by atoms with Crippen molar-refractivity contribution in [1.29, 1.82) is 0 Å². The van der Waals surface area contributed by atoms with E-state index in [0.717, 1.165) is 54.3 Å². The molecule has 6 aromatic rings. The highest BCUT2D eigenvalue weighted by atomic mass is 19.1. The van der Waals surface area contributed by atoms with Crippen LogP contribution in [-0.2, 0) is 28.2 Å². The molecule has 1 aliphatic heterocycles. The van der Waals surface area contributed by atoms with Crippen LogP contribution in [0.3, 0.4) is 0 Å². The van der Waals surface area contributed by atoms with Crippen molar-refractivity contribution >= 4 is 27.8 Å². The fourth-order valence-corrected chi connectivity index (χ4v) is 5.92. The van der Waals surface area contributed by atoms with Crippen molar-refractivity contribution < 1.29 is 4.39 Å². The van der Waals surface area contributed by atoms with E-state index < -0.39 is 0 Å². The first-order valence-corrected chi connectivity index (χ1v) is 13.5. The molecule has 11 nitrogen and oxygen atoms in total. The summed E-state index contributed by atoms with van der Waals surface area (Å²) in [4.78, 5) is 27.1. The van der Waals surface area contributed by atoms with E-state index >= 15 is 4.39 Å². The Kier molecular flexibility index (Phi) is 5.65. The number of halogens is 1. The highest BCUT2D eigenvalue weighted by Gasteiger charge is 2.25. The molecule has 2 aromatic carbocycles. The molecule has 1 fully saturated rings. The molecule has 0 spiro atoms. The van der Waals surface area contributed by atoms with E-state index in [1.807, 2.05) is 29.3 Å². The third kappa shape index (κ3) is 3.89. The predicted molar refractivity (Wildman–Crippen MR) is 157 cm³/mol. The Bertz CT molecular complexity index is 2010. The maximum Gasteiger partial charge on any atom is 0.328 e. The number of nitrogens with zero attached hydrogens (tertiary/aromatic N) is 10. The Morgan fingerprint density at radius 2 is 1.66 bits per heavy atom. The number of fused-ring (bicyclic) bond motifs is 2. The molecule has 0 amide bonds. The van der Waals surface area contributed by atoms with Crippen molar-refractivity contribution in [2.45, 2.75) is 0 Å². The lowest BCUT2D eigenvalue weighted by Crippen LogP contribution is -2.44. The maximum atomic E-state index is 15.8. The molecule has 4 aromatic heterocycles. The largest absolute Gasteiger partial charge is 0.367 e. The molecule has 0 aliphatic carbocycles. The standard InChI is InChI=1S/C29H31FN10O/c1-34-6-8-39(9-7-34)25-11-19(10-24-27(25)38(5)29(41)37(24)4)40-23-13-21(30)20(18-14-32-36(3)16-18)12-22(23)33-28(40)26-15-31-17-35(26)2/h10-17H,6-9H2,1-5H3. The summed E-state index contributed by atoms with van der Waals surface area (Å²) in [6, 6.07) is 7.40. The quantitative estimate of drug-likeness (QED) is 0.333. The van der Waals surface area contributed by atoms with Gasteiger partial charge in [-0.05, 0) is 25.2 Å². The van der Waals surface area contributed by atoms with Crippen LogP contribution in [0.1, 0.15) is 0 Å². The molecule has 0 bridgehead atoms. The Balaban J connectivity index is 1.53. The van der Waals surface area contributed by atoms with Gasteiger partial charge in [0.05, 0.1) is 52.2 Å². The number of rotatable bonds is 4. The van der Waals surface area contributed by atoms with E-state index in [1.54, 1.807) is 58.9 Å². The number of piperazine rings is 1.